The molecular formula is C14H18BNO3. The number of furan rings is 1. The maximum absolute atomic E-state index is 9.16. The first-order valence-electron chi connectivity index (χ1n) is 6.23. The van der Waals surface area contributed by atoms with Crippen molar-refractivity contribution in [3.05, 3.63) is 53.5 Å². The summed E-state index contributed by atoms with van der Waals surface area (Å²) in [7, 11) is 0.607. The van der Waals surface area contributed by atoms with Crippen molar-refractivity contribution in [1.82, 2.24) is 4.90 Å². The van der Waals surface area contributed by atoms with Crippen LogP contribution in [-0.2, 0) is 13.1 Å². The van der Waals surface area contributed by atoms with Crippen LogP contribution in [0.5, 0.6) is 0 Å². The summed E-state index contributed by atoms with van der Waals surface area (Å²) >= 11 is 0. The zero-order chi connectivity index (χ0) is 13.8. The Bertz CT molecular complexity index is 539. The molecule has 0 fully saturated rings. The van der Waals surface area contributed by atoms with Crippen LogP contribution >= 0.6 is 0 Å². The molecule has 0 aliphatic carbocycles. The molecule has 100 valence electrons. The smallest absolute Gasteiger partial charge is 0.469 e. The van der Waals surface area contributed by atoms with Gasteiger partial charge in [-0.1, -0.05) is 24.3 Å². The highest BCUT2D eigenvalue weighted by atomic mass is 16.4. The third kappa shape index (κ3) is 3.70. The molecule has 0 atom stereocenters. The van der Waals surface area contributed by atoms with Gasteiger partial charge >= 0.3 is 7.12 Å². The molecule has 1 aromatic carbocycles. The van der Waals surface area contributed by atoms with E-state index in [-0.39, 0.29) is 0 Å². The molecule has 4 nitrogen and oxygen atoms in total. The minimum absolute atomic E-state index is 0.519. The zero-order valence-electron chi connectivity index (χ0n) is 11.2. The monoisotopic (exact) mass is 259 g/mol. The second kappa shape index (κ2) is 6.06. The van der Waals surface area contributed by atoms with E-state index >= 15 is 0 Å². The van der Waals surface area contributed by atoms with Crippen molar-refractivity contribution < 1.29 is 14.5 Å². The molecule has 19 heavy (non-hydrogen) atoms. The van der Waals surface area contributed by atoms with Crippen LogP contribution in [0, 0.1) is 6.92 Å². The van der Waals surface area contributed by atoms with Crippen LogP contribution in [0.1, 0.15) is 16.9 Å². The molecule has 0 amide bonds. The molecule has 1 aromatic heterocycles. The Balaban J connectivity index is 2.01. The highest BCUT2D eigenvalue weighted by Crippen LogP contribution is 2.12. The third-order valence-electron chi connectivity index (χ3n) is 3.11. The van der Waals surface area contributed by atoms with Crippen LogP contribution in [0.25, 0.3) is 0 Å². The first-order valence-corrected chi connectivity index (χ1v) is 6.23. The standard InChI is InChI=1S/C14H18BNO3/c1-11-13(6-7-19-11)10-16(2)9-12-4-3-5-14(8-12)15(17)18/h3-8,17-18H,9-10H2,1-2H3. The highest BCUT2D eigenvalue weighted by molar-refractivity contribution is 6.58. The van der Waals surface area contributed by atoms with Crippen molar-refractivity contribution in [2.75, 3.05) is 7.05 Å². The Morgan fingerprint density at radius 2 is 2.00 bits per heavy atom. The maximum atomic E-state index is 9.16. The van der Waals surface area contributed by atoms with Gasteiger partial charge in [0.05, 0.1) is 6.26 Å². The molecule has 0 saturated heterocycles. The van der Waals surface area contributed by atoms with E-state index < -0.39 is 7.12 Å². The summed E-state index contributed by atoms with van der Waals surface area (Å²) in [4.78, 5) is 2.15. The second-order valence-corrected chi connectivity index (χ2v) is 4.79. The highest BCUT2D eigenvalue weighted by Gasteiger charge is 2.12. The number of hydrogen-bond acceptors (Lipinski definition) is 4. The Labute approximate surface area is 113 Å². The van der Waals surface area contributed by atoms with Gasteiger partial charge in [0.1, 0.15) is 5.76 Å². The van der Waals surface area contributed by atoms with Gasteiger partial charge in [0.25, 0.3) is 0 Å². The second-order valence-electron chi connectivity index (χ2n) is 4.79. The Hall–Kier alpha value is -1.56. The minimum atomic E-state index is -1.42. The summed E-state index contributed by atoms with van der Waals surface area (Å²) in [6, 6.07) is 9.29. The van der Waals surface area contributed by atoms with Crippen LogP contribution in [0.3, 0.4) is 0 Å². The van der Waals surface area contributed by atoms with Gasteiger partial charge in [0, 0.05) is 18.7 Å². The van der Waals surface area contributed by atoms with E-state index in [1.807, 2.05) is 38.2 Å². The molecule has 2 N–H and O–H groups in total. The van der Waals surface area contributed by atoms with Crippen molar-refractivity contribution in [1.29, 1.82) is 0 Å². The lowest BCUT2D eigenvalue weighted by molar-refractivity contribution is 0.316. The Morgan fingerprint density at radius 1 is 1.21 bits per heavy atom. The van der Waals surface area contributed by atoms with E-state index in [0.29, 0.717) is 5.46 Å². The van der Waals surface area contributed by atoms with Crippen molar-refractivity contribution in [2.24, 2.45) is 0 Å². The number of nitrogens with zero attached hydrogens (tertiary/aromatic N) is 1. The fourth-order valence-electron chi connectivity index (χ4n) is 2.09. The lowest BCUT2D eigenvalue weighted by atomic mass is 9.79. The summed E-state index contributed by atoms with van der Waals surface area (Å²) in [5.41, 5.74) is 2.74. The van der Waals surface area contributed by atoms with E-state index in [1.165, 1.54) is 5.56 Å². The summed E-state index contributed by atoms with van der Waals surface area (Å²) in [5.74, 6) is 0.936. The fourth-order valence-corrected chi connectivity index (χ4v) is 2.09. The Morgan fingerprint density at radius 3 is 2.63 bits per heavy atom. The molecule has 2 aromatic rings. The van der Waals surface area contributed by atoms with Gasteiger partial charge in [0.15, 0.2) is 0 Å². The third-order valence-corrected chi connectivity index (χ3v) is 3.11. The van der Waals surface area contributed by atoms with Crippen molar-refractivity contribution in [2.45, 2.75) is 20.0 Å². The van der Waals surface area contributed by atoms with Gasteiger partial charge in [-0.3, -0.25) is 4.90 Å². The first kappa shape index (κ1) is 13.9. The van der Waals surface area contributed by atoms with Crippen molar-refractivity contribution >= 4 is 12.6 Å². The van der Waals surface area contributed by atoms with Crippen molar-refractivity contribution in [3.63, 3.8) is 0 Å². The molecule has 5 heteroatoms. The Kier molecular flexibility index (Phi) is 4.42. The molecule has 0 aliphatic heterocycles. The van der Waals surface area contributed by atoms with Gasteiger partial charge in [-0.15, -0.1) is 0 Å². The number of rotatable bonds is 5. The minimum Gasteiger partial charge on any atom is -0.469 e. The lowest BCUT2D eigenvalue weighted by Crippen LogP contribution is -2.30. The quantitative estimate of drug-likeness (QED) is 0.783. The lowest BCUT2D eigenvalue weighted by Gasteiger charge is -2.16. The molecule has 2 rings (SSSR count). The molecular weight excluding hydrogens is 241 g/mol. The predicted octanol–water partition coefficient (Wildman–Crippen LogP) is 0.900. The van der Waals surface area contributed by atoms with Crippen LogP contribution in [0.2, 0.25) is 0 Å². The number of aryl methyl sites for hydroxylation is 1. The van der Waals surface area contributed by atoms with Crippen LogP contribution in [0.4, 0.5) is 0 Å². The number of benzene rings is 1. The molecule has 0 saturated carbocycles. The van der Waals surface area contributed by atoms with E-state index in [2.05, 4.69) is 4.90 Å². The van der Waals surface area contributed by atoms with Gasteiger partial charge in [0.2, 0.25) is 0 Å². The van der Waals surface area contributed by atoms with Crippen LogP contribution < -0.4 is 5.46 Å². The molecule has 0 spiro atoms. The largest absolute Gasteiger partial charge is 0.488 e. The average Bonchev–Trinajstić information content (AvgIpc) is 2.75. The molecule has 0 bridgehead atoms. The summed E-state index contributed by atoms with van der Waals surface area (Å²) in [6.45, 7) is 3.49. The predicted molar refractivity (Wildman–Crippen MR) is 74.9 cm³/mol. The normalized spacial score (nSPS) is 11.0. The first-order chi connectivity index (χ1) is 9.06. The fraction of sp³-hybridized carbons (Fsp3) is 0.286. The molecule has 0 radical (unpaired) electrons. The summed E-state index contributed by atoms with van der Waals surface area (Å²) in [6.07, 6.45) is 1.70. The SMILES string of the molecule is Cc1occc1CN(C)Cc1cccc(B(O)O)c1. The van der Waals surface area contributed by atoms with Gasteiger partial charge in [-0.25, -0.2) is 0 Å². The number of hydrogen-bond donors (Lipinski definition) is 2. The van der Waals surface area contributed by atoms with E-state index in [1.54, 1.807) is 12.3 Å². The average molecular weight is 259 g/mol. The zero-order valence-corrected chi connectivity index (χ0v) is 11.2. The topological polar surface area (TPSA) is 56.8 Å². The molecule has 1 heterocycles. The molecule has 0 unspecified atom stereocenters. The van der Waals surface area contributed by atoms with Gasteiger partial charge in [-0.05, 0) is 31.1 Å². The van der Waals surface area contributed by atoms with E-state index in [9.17, 15) is 0 Å². The maximum Gasteiger partial charge on any atom is 0.488 e. The van der Waals surface area contributed by atoms with Gasteiger partial charge in [-0.2, -0.15) is 0 Å². The summed E-state index contributed by atoms with van der Waals surface area (Å²) in [5, 5.41) is 18.3. The van der Waals surface area contributed by atoms with Crippen LogP contribution in [-0.4, -0.2) is 29.1 Å². The van der Waals surface area contributed by atoms with Crippen LogP contribution in [0.15, 0.2) is 41.0 Å². The summed E-state index contributed by atoms with van der Waals surface area (Å²) < 4.78 is 5.27. The van der Waals surface area contributed by atoms with E-state index in [0.717, 1.165) is 24.4 Å². The van der Waals surface area contributed by atoms with E-state index in [4.69, 9.17) is 14.5 Å². The molecule has 0 aliphatic rings. The van der Waals surface area contributed by atoms with Gasteiger partial charge < -0.3 is 14.5 Å². The van der Waals surface area contributed by atoms with Crippen molar-refractivity contribution in [3.8, 4) is 0 Å².